The Bertz CT molecular complexity index is 884. The summed E-state index contributed by atoms with van der Waals surface area (Å²) in [6, 6.07) is 10.1. The van der Waals surface area contributed by atoms with Crippen LogP contribution in [-0.4, -0.2) is 47.5 Å². The molecule has 2 heterocycles. The van der Waals surface area contributed by atoms with Gasteiger partial charge >= 0.3 is 0 Å². The second-order valence-corrected chi connectivity index (χ2v) is 6.85. The Morgan fingerprint density at radius 3 is 3.00 bits per heavy atom. The fourth-order valence-electron chi connectivity index (χ4n) is 3.08. The maximum atomic E-state index is 5.98. The van der Waals surface area contributed by atoms with E-state index in [1.54, 1.807) is 13.4 Å². The van der Waals surface area contributed by atoms with Gasteiger partial charge < -0.3 is 24.4 Å². The molecular weight excluding hydrogens is 368 g/mol. The predicted octanol–water partition coefficient (Wildman–Crippen LogP) is 2.92. The van der Waals surface area contributed by atoms with Crippen LogP contribution in [0.25, 0.3) is 11.0 Å². The molecule has 8 heteroatoms. The van der Waals surface area contributed by atoms with E-state index in [0.717, 1.165) is 47.9 Å². The molecule has 0 aliphatic carbocycles. The van der Waals surface area contributed by atoms with Crippen molar-refractivity contribution < 1.29 is 9.15 Å². The summed E-state index contributed by atoms with van der Waals surface area (Å²) in [4.78, 5) is 4.67. The lowest BCUT2D eigenvalue weighted by Gasteiger charge is -2.17. The Kier molecular flexibility index (Phi) is 7.63. The average molecular weight is 399 g/mol. The summed E-state index contributed by atoms with van der Waals surface area (Å²) in [5.41, 5.74) is 0.891. The second kappa shape index (κ2) is 10.6. The molecule has 1 atom stereocenters. The number of nitrogens with one attached hydrogen (secondary N) is 2. The molecule has 0 radical (unpaired) electrons. The van der Waals surface area contributed by atoms with E-state index in [9.17, 15) is 0 Å². The van der Waals surface area contributed by atoms with Crippen LogP contribution in [0.1, 0.15) is 37.9 Å². The number of nitrogens with zero attached hydrogens (tertiary/aromatic N) is 4. The third-order valence-electron chi connectivity index (χ3n) is 4.66. The topological polar surface area (TPSA) is 89.5 Å². The van der Waals surface area contributed by atoms with Crippen LogP contribution >= 0.6 is 0 Å². The number of methoxy groups -OCH3 is 1. The Morgan fingerprint density at radius 2 is 2.21 bits per heavy atom. The number of guanidine groups is 1. The van der Waals surface area contributed by atoms with Gasteiger partial charge in [0, 0.05) is 45.2 Å². The summed E-state index contributed by atoms with van der Waals surface area (Å²) < 4.78 is 13.2. The fourth-order valence-corrected chi connectivity index (χ4v) is 3.08. The first-order chi connectivity index (χ1) is 14.2. The number of aromatic nitrogens is 3. The normalized spacial score (nSPS) is 13.0. The largest absolute Gasteiger partial charge is 0.459 e. The number of rotatable bonds is 10. The van der Waals surface area contributed by atoms with E-state index < -0.39 is 0 Å². The smallest absolute Gasteiger partial charge is 0.191 e. The molecule has 0 fully saturated rings. The Morgan fingerprint density at radius 1 is 1.34 bits per heavy atom. The molecule has 8 nitrogen and oxygen atoms in total. The highest BCUT2D eigenvalue weighted by molar-refractivity contribution is 5.81. The summed E-state index contributed by atoms with van der Waals surface area (Å²) in [6.45, 7) is 7.01. The zero-order chi connectivity index (χ0) is 20.5. The number of ether oxygens (including phenoxy) is 1. The van der Waals surface area contributed by atoms with Crippen LogP contribution in [0.15, 0.2) is 46.1 Å². The standard InChI is InChI=1S/C21H30N6O2/c1-4-20-26-24-15-27(20)12-11-23-21(22-10-7-13-28-3)25-16(2)19-14-17-8-5-6-9-18(17)29-19/h5-6,8-9,14-16H,4,7,10-13H2,1-3H3,(H2,22,23,25). The van der Waals surface area contributed by atoms with Crippen molar-refractivity contribution >= 4 is 16.9 Å². The number of furan rings is 1. The van der Waals surface area contributed by atoms with Crippen molar-refractivity contribution in [2.24, 2.45) is 4.99 Å². The highest BCUT2D eigenvalue weighted by atomic mass is 16.5. The lowest BCUT2D eigenvalue weighted by Crippen LogP contribution is -2.40. The molecule has 2 N–H and O–H groups in total. The molecule has 0 amide bonds. The molecule has 1 aromatic carbocycles. The molecule has 3 rings (SSSR count). The van der Waals surface area contributed by atoms with Gasteiger partial charge in [-0.1, -0.05) is 25.1 Å². The summed E-state index contributed by atoms with van der Waals surface area (Å²) >= 11 is 0. The Balaban J connectivity index is 1.62. The number of hydrogen-bond donors (Lipinski definition) is 2. The highest BCUT2D eigenvalue weighted by Gasteiger charge is 2.13. The van der Waals surface area contributed by atoms with Gasteiger partial charge in [-0.3, -0.25) is 4.99 Å². The van der Waals surface area contributed by atoms with Crippen LogP contribution in [0.5, 0.6) is 0 Å². The minimum Gasteiger partial charge on any atom is -0.459 e. The van der Waals surface area contributed by atoms with Crippen LogP contribution in [0, 0.1) is 0 Å². The van der Waals surface area contributed by atoms with E-state index in [4.69, 9.17) is 9.15 Å². The predicted molar refractivity (Wildman–Crippen MR) is 114 cm³/mol. The van der Waals surface area contributed by atoms with Crippen LogP contribution in [0.3, 0.4) is 0 Å². The first kappa shape index (κ1) is 20.9. The monoisotopic (exact) mass is 398 g/mol. The first-order valence-corrected chi connectivity index (χ1v) is 10.1. The molecule has 0 saturated carbocycles. The quantitative estimate of drug-likeness (QED) is 0.310. The zero-order valence-electron chi connectivity index (χ0n) is 17.4. The van der Waals surface area contributed by atoms with Crippen molar-refractivity contribution in [3.05, 3.63) is 48.2 Å². The van der Waals surface area contributed by atoms with E-state index in [2.05, 4.69) is 56.4 Å². The molecule has 1 unspecified atom stereocenters. The number of benzene rings is 1. The maximum Gasteiger partial charge on any atom is 0.191 e. The van der Waals surface area contributed by atoms with E-state index in [1.165, 1.54) is 0 Å². The first-order valence-electron chi connectivity index (χ1n) is 10.1. The molecule has 0 spiro atoms. The van der Waals surface area contributed by atoms with Gasteiger partial charge in [0.15, 0.2) is 5.96 Å². The number of hydrogen-bond acceptors (Lipinski definition) is 5. The molecule has 156 valence electrons. The molecule has 0 aliphatic heterocycles. The zero-order valence-corrected chi connectivity index (χ0v) is 17.4. The molecular formula is C21H30N6O2. The SMILES string of the molecule is CCc1nncn1CCNC(=NCCCOC)NC(C)c1cc2ccccc2o1. The van der Waals surface area contributed by atoms with Crippen LogP contribution in [0.4, 0.5) is 0 Å². The van der Waals surface area contributed by atoms with Crippen LogP contribution < -0.4 is 10.6 Å². The summed E-state index contributed by atoms with van der Waals surface area (Å²) in [6.07, 6.45) is 3.49. The lowest BCUT2D eigenvalue weighted by atomic mass is 10.2. The molecule has 2 aromatic heterocycles. The molecule has 0 saturated heterocycles. The van der Waals surface area contributed by atoms with Gasteiger partial charge in [-0.2, -0.15) is 0 Å². The minimum absolute atomic E-state index is 0.0165. The van der Waals surface area contributed by atoms with Crippen molar-refractivity contribution in [1.29, 1.82) is 0 Å². The van der Waals surface area contributed by atoms with Gasteiger partial charge in [0.05, 0.1) is 6.04 Å². The van der Waals surface area contributed by atoms with E-state index in [1.807, 2.05) is 18.2 Å². The van der Waals surface area contributed by atoms with Gasteiger partial charge in [-0.25, -0.2) is 0 Å². The summed E-state index contributed by atoms with van der Waals surface area (Å²) in [7, 11) is 1.70. The van der Waals surface area contributed by atoms with Crippen molar-refractivity contribution in [2.45, 2.75) is 39.3 Å². The molecule has 0 bridgehead atoms. The van der Waals surface area contributed by atoms with Gasteiger partial charge in [0.1, 0.15) is 23.5 Å². The van der Waals surface area contributed by atoms with E-state index in [-0.39, 0.29) is 6.04 Å². The summed E-state index contributed by atoms with van der Waals surface area (Å²) in [5, 5.41) is 16.1. The van der Waals surface area contributed by atoms with Crippen molar-refractivity contribution in [3.8, 4) is 0 Å². The van der Waals surface area contributed by atoms with Crippen LogP contribution in [0.2, 0.25) is 0 Å². The highest BCUT2D eigenvalue weighted by Crippen LogP contribution is 2.23. The van der Waals surface area contributed by atoms with Gasteiger partial charge in [0.25, 0.3) is 0 Å². The minimum atomic E-state index is -0.0165. The lowest BCUT2D eigenvalue weighted by molar-refractivity contribution is 0.197. The van der Waals surface area contributed by atoms with Crippen molar-refractivity contribution in [3.63, 3.8) is 0 Å². The maximum absolute atomic E-state index is 5.98. The molecule has 0 aliphatic rings. The third-order valence-corrected chi connectivity index (χ3v) is 4.66. The second-order valence-electron chi connectivity index (χ2n) is 6.85. The molecule has 29 heavy (non-hydrogen) atoms. The number of aryl methyl sites for hydroxylation is 1. The van der Waals surface area contributed by atoms with Crippen molar-refractivity contribution in [1.82, 2.24) is 25.4 Å². The van der Waals surface area contributed by atoms with E-state index in [0.29, 0.717) is 19.7 Å². The van der Waals surface area contributed by atoms with Crippen molar-refractivity contribution in [2.75, 3.05) is 26.8 Å². The fraction of sp³-hybridized carbons (Fsp3) is 0.476. The average Bonchev–Trinajstić information content (AvgIpc) is 3.37. The Hall–Kier alpha value is -2.87. The number of para-hydroxylation sites is 1. The van der Waals surface area contributed by atoms with Gasteiger partial charge in [-0.15, -0.1) is 10.2 Å². The Labute approximate surface area is 171 Å². The van der Waals surface area contributed by atoms with Crippen LogP contribution in [-0.2, 0) is 17.7 Å². The van der Waals surface area contributed by atoms with Gasteiger partial charge in [-0.05, 0) is 25.5 Å². The number of fused-ring (bicyclic) bond motifs is 1. The third kappa shape index (κ3) is 5.80. The van der Waals surface area contributed by atoms with E-state index >= 15 is 0 Å². The number of aliphatic imine (C=N–C) groups is 1. The summed E-state index contributed by atoms with van der Waals surface area (Å²) in [5.74, 6) is 2.61. The molecule has 3 aromatic rings. The van der Waals surface area contributed by atoms with Gasteiger partial charge in [0.2, 0.25) is 0 Å².